The lowest BCUT2D eigenvalue weighted by Crippen LogP contribution is -1.85. The molecule has 1 rings (SSSR count). The van der Waals surface area contributed by atoms with Crippen LogP contribution in [0, 0.1) is 0 Å². The second kappa shape index (κ2) is 6.96. The molecular weight excluding hydrogens is 98.1 g/mol. The van der Waals surface area contributed by atoms with Crippen LogP contribution in [-0.4, -0.2) is 7.05 Å². The van der Waals surface area contributed by atoms with E-state index in [9.17, 15) is 0 Å². The number of hydrogen-bond acceptors (Lipinski definition) is 1. The fourth-order valence-corrected chi connectivity index (χ4v) is 1.06. The third kappa shape index (κ3) is 4.13. The highest BCUT2D eigenvalue weighted by Gasteiger charge is 1.95. The summed E-state index contributed by atoms with van der Waals surface area (Å²) in [7, 11) is 1.50. The Balaban J connectivity index is 0. The Morgan fingerprint density at radius 2 is 0.875 bits per heavy atom. The summed E-state index contributed by atoms with van der Waals surface area (Å²) in [4.78, 5) is 0. The van der Waals surface area contributed by atoms with Crippen LogP contribution in [0.1, 0.15) is 40.0 Å². The minimum atomic E-state index is 0. The van der Waals surface area contributed by atoms with Gasteiger partial charge < -0.3 is 5.73 Å². The van der Waals surface area contributed by atoms with Gasteiger partial charge in [-0.1, -0.05) is 38.5 Å². The lowest BCUT2D eigenvalue weighted by atomic mass is 10.0. The van der Waals surface area contributed by atoms with E-state index < -0.39 is 0 Å². The number of rotatable bonds is 0. The monoisotopic (exact) mass is 117 g/mol. The lowest BCUT2D eigenvalue weighted by Gasteiger charge is -2.05. The summed E-state index contributed by atoms with van der Waals surface area (Å²) in [5.41, 5.74) is 4.50. The average molecular weight is 117 g/mol. The van der Waals surface area contributed by atoms with Gasteiger partial charge in [0.25, 0.3) is 0 Å². The Morgan fingerprint density at radius 1 is 0.750 bits per heavy atom. The highest BCUT2D eigenvalue weighted by molar-refractivity contribution is 4.51. The van der Waals surface area contributed by atoms with E-state index in [0.29, 0.717) is 0 Å². The first-order valence-electron chi connectivity index (χ1n) is 3.58. The van der Waals surface area contributed by atoms with Gasteiger partial charge in [0.15, 0.2) is 0 Å². The van der Waals surface area contributed by atoms with Gasteiger partial charge in [0.2, 0.25) is 0 Å². The van der Waals surface area contributed by atoms with Crippen molar-refractivity contribution in [3.63, 3.8) is 0 Å². The summed E-state index contributed by atoms with van der Waals surface area (Å²) < 4.78 is 0. The predicted octanol–water partition coefficient (Wildman–Crippen LogP) is 2.16. The summed E-state index contributed by atoms with van der Waals surface area (Å²) >= 11 is 0. The van der Waals surface area contributed by atoms with Gasteiger partial charge in [0.1, 0.15) is 0 Å². The molecule has 0 saturated heterocycles. The van der Waals surface area contributed by atoms with Crippen LogP contribution in [0.5, 0.6) is 0 Å². The van der Waals surface area contributed by atoms with E-state index in [1.807, 2.05) is 0 Å². The van der Waals surface area contributed by atoms with Crippen molar-refractivity contribution in [2.75, 3.05) is 7.05 Å². The minimum absolute atomic E-state index is 0. The van der Waals surface area contributed by atoms with Crippen LogP contribution in [0.25, 0.3) is 0 Å². The van der Waals surface area contributed by atoms with E-state index in [4.69, 9.17) is 0 Å². The van der Waals surface area contributed by atoms with E-state index in [0.717, 1.165) is 0 Å². The molecule has 0 aromatic rings. The van der Waals surface area contributed by atoms with Crippen molar-refractivity contribution in [3.8, 4) is 0 Å². The van der Waals surface area contributed by atoms with E-state index in [1.54, 1.807) is 0 Å². The molecule has 0 amide bonds. The Bertz CT molecular complexity index is 24.4. The predicted molar refractivity (Wildman–Crippen MR) is 39.9 cm³/mol. The maximum absolute atomic E-state index is 4.50. The minimum Gasteiger partial charge on any atom is -0.333 e. The third-order valence-corrected chi connectivity index (χ3v) is 1.50. The first-order valence-corrected chi connectivity index (χ1v) is 3.58. The van der Waals surface area contributed by atoms with E-state index in [2.05, 4.69) is 5.73 Å². The van der Waals surface area contributed by atoms with Gasteiger partial charge in [-0.3, -0.25) is 0 Å². The van der Waals surface area contributed by atoms with Crippen molar-refractivity contribution >= 4 is 0 Å². The van der Waals surface area contributed by atoms with Crippen LogP contribution in [0.3, 0.4) is 0 Å². The van der Waals surface area contributed by atoms with Gasteiger partial charge in [-0.25, -0.2) is 0 Å². The molecule has 1 aliphatic rings. The summed E-state index contributed by atoms with van der Waals surface area (Å²) in [6, 6.07) is 0. The maximum atomic E-state index is 4.50. The Morgan fingerprint density at radius 3 is 1.00 bits per heavy atom. The number of nitrogens with two attached hydrogens (primary N) is 1. The molecule has 1 heteroatoms. The zero-order chi connectivity index (χ0) is 6.24. The van der Waals surface area contributed by atoms with Gasteiger partial charge in [-0.2, -0.15) is 0 Å². The van der Waals surface area contributed by atoms with Gasteiger partial charge in [-0.05, 0) is 7.05 Å². The summed E-state index contributed by atoms with van der Waals surface area (Å²) in [5, 5.41) is 0. The van der Waals surface area contributed by atoms with Crippen molar-refractivity contribution in [1.29, 1.82) is 0 Å². The van der Waals surface area contributed by atoms with Crippen molar-refractivity contribution < 1.29 is 1.43 Å². The third-order valence-electron chi connectivity index (χ3n) is 1.50. The van der Waals surface area contributed by atoms with Crippen LogP contribution in [-0.2, 0) is 0 Å². The van der Waals surface area contributed by atoms with Crippen molar-refractivity contribution in [3.05, 3.63) is 0 Å². The molecule has 0 unspecified atom stereocenters. The van der Waals surface area contributed by atoms with E-state index >= 15 is 0 Å². The highest BCUT2D eigenvalue weighted by Crippen LogP contribution is 2.15. The van der Waals surface area contributed by atoms with Gasteiger partial charge in [0.05, 0.1) is 0 Å². The molecule has 0 spiro atoms. The SMILES string of the molecule is C1CCCCC1.CN.[HH]. The standard InChI is InChI=1S/C6H12.CH5N.H2/c1-2-4-6-5-3-1;1-2;/h1-6H2;2H2,1H3;1H. The summed E-state index contributed by atoms with van der Waals surface area (Å²) in [6.45, 7) is 0. The topological polar surface area (TPSA) is 26.0 Å². The molecule has 0 atom stereocenters. The fraction of sp³-hybridized carbons (Fsp3) is 1.00. The molecule has 0 heterocycles. The fourth-order valence-electron chi connectivity index (χ4n) is 1.06. The molecule has 0 aromatic heterocycles. The maximum Gasteiger partial charge on any atom is 0 e. The van der Waals surface area contributed by atoms with Crippen molar-refractivity contribution in [1.82, 2.24) is 0 Å². The smallest absolute Gasteiger partial charge is 0 e. The largest absolute Gasteiger partial charge is 0.333 e. The molecule has 1 nitrogen and oxygen atoms in total. The quantitative estimate of drug-likeness (QED) is 0.517. The molecule has 1 aliphatic carbocycles. The van der Waals surface area contributed by atoms with Crippen LogP contribution < -0.4 is 5.73 Å². The van der Waals surface area contributed by atoms with Crippen LogP contribution >= 0.6 is 0 Å². The molecule has 8 heavy (non-hydrogen) atoms. The summed E-state index contributed by atoms with van der Waals surface area (Å²) in [5.74, 6) is 0. The Hall–Kier alpha value is -0.0400. The van der Waals surface area contributed by atoms with Crippen molar-refractivity contribution in [2.45, 2.75) is 38.5 Å². The molecule has 2 N–H and O–H groups in total. The molecule has 52 valence electrons. The summed E-state index contributed by atoms with van der Waals surface area (Å²) in [6.07, 6.45) is 9.00. The highest BCUT2D eigenvalue weighted by atomic mass is 14.4. The second-order valence-electron chi connectivity index (χ2n) is 2.12. The average Bonchev–Trinajstić information content (AvgIpc) is 1.96. The van der Waals surface area contributed by atoms with Crippen LogP contribution in [0.4, 0.5) is 0 Å². The first kappa shape index (κ1) is 7.96. The molecule has 1 saturated carbocycles. The first-order chi connectivity index (χ1) is 4.00. The lowest BCUT2D eigenvalue weighted by molar-refractivity contribution is 0.504. The normalized spacial score (nSPS) is 18.8. The second-order valence-corrected chi connectivity index (χ2v) is 2.12. The molecular formula is C7H19N. The van der Waals surface area contributed by atoms with E-state index in [-0.39, 0.29) is 1.43 Å². The Kier molecular flexibility index (Phi) is 6.93. The molecule has 0 radical (unpaired) electrons. The van der Waals surface area contributed by atoms with Gasteiger partial charge in [-0.15, -0.1) is 0 Å². The van der Waals surface area contributed by atoms with Gasteiger partial charge >= 0.3 is 0 Å². The van der Waals surface area contributed by atoms with Crippen LogP contribution in [0.15, 0.2) is 0 Å². The molecule has 1 fully saturated rings. The van der Waals surface area contributed by atoms with Crippen LogP contribution in [0.2, 0.25) is 0 Å². The van der Waals surface area contributed by atoms with E-state index in [1.165, 1.54) is 45.6 Å². The van der Waals surface area contributed by atoms with Crippen molar-refractivity contribution in [2.24, 2.45) is 5.73 Å². The zero-order valence-electron chi connectivity index (χ0n) is 5.82. The Labute approximate surface area is 53.8 Å². The number of hydrogen-bond donors (Lipinski definition) is 1. The molecule has 0 aromatic carbocycles. The van der Waals surface area contributed by atoms with Gasteiger partial charge in [0, 0.05) is 1.43 Å². The zero-order valence-corrected chi connectivity index (χ0v) is 5.82. The molecule has 0 bridgehead atoms. The molecule has 0 aliphatic heterocycles.